The molecular formula is C16H15F2N3O. The van der Waals surface area contributed by atoms with Crippen molar-refractivity contribution in [2.24, 2.45) is 5.16 Å². The summed E-state index contributed by atoms with van der Waals surface area (Å²) in [6.45, 7) is 0.846. The number of nitrogens with one attached hydrogen (secondary N) is 1. The largest absolute Gasteiger partial charge is 0.390 e. The van der Waals surface area contributed by atoms with Gasteiger partial charge in [-0.3, -0.25) is 4.98 Å². The lowest BCUT2D eigenvalue weighted by atomic mass is 10.1. The first-order chi connectivity index (χ1) is 10.7. The van der Waals surface area contributed by atoms with Crippen LogP contribution in [0, 0.1) is 11.6 Å². The van der Waals surface area contributed by atoms with Crippen molar-refractivity contribution < 1.29 is 13.6 Å². The molecule has 1 atom stereocenters. The minimum absolute atomic E-state index is 0.0984. The van der Waals surface area contributed by atoms with Crippen molar-refractivity contribution in [3.8, 4) is 0 Å². The topological polar surface area (TPSA) is 46.5 Å². The van der Waals surface area contributed by atoms with Crippen LogP contribution in [0.3, 0.4) is 0 Å². The highest BCUT2D eigenvalue weighted by atomic mass is 19.1. The average Bonchev–Trinajstić information content (AvgIpc) is 2.99. The summed E-state index contributed by atoms with van der Waals surface area (Å²) in [6, 6.07) is 7.34. The SMILES string of the molecule is Fc1ccc(CNCC2CC(c3cccnc3)=NO2)c(F)c1. The molecule has 2 heterocycles. The van der Waals surface area contributed by atoms with E-state index in [1.165, 1.54) is 12.1 Å². The predicted octanol–water partition coefficient (Wildman–Crippen LogP) is 2.64. The van der Waals surface area contributed by atoms with Crippen LogP contribution in [0.15, 0.2) is 47.9 Å². The lowest BCUT2D eigenvalue weighted by molar-refractivity contribution is 0.0848. The summed E-state index contributed by atoms with van der Waals surface area (Å²) in [6.07, 6.45) is 4.02. The normalized spacial score (nSPS) is 17.2. The Morgan fingerprint density at radius 2 is 2.18 bits per heavy atom. The van der Waals surface area contributed by atoms with Gasteiger partial charge in [0.2, 0.25) is 0 Å². The van der Waals surface area contributed by atoms with Crippen molar-refractivity contribution in [3.63, 3.8) is 0 Å². The number of oxime groups is 1. The number of hydrogen-bond donors (Lipinski definition) is 1. The molecule has 1 aromatic heterocycles. The zero-order valence-corrected chi connectivity index (χ0v) is 11.8. The van der Waals surface area contributed by atoms with Crippen LogP contribution in [0.5, 0.6) is 0 Å². The summed E-state index contributed by atoms with van der Waals surface area (Å²) in [4.78, 5) is 9.40. The van der Waals surface area contributed by atoms with Crippen LogP contribution in [0.2, 0.25) is 0 Å². The van der Waals surface area contributed by atoms with Crippen LogP contribution < -0.4 is 5.32 Å². The smallest absolute Gasteiger partial charge is 0.145 e. The second kappa shape index (κ2) is 6.62. The maximum Gasteiger partial charge on any atom is 0.145 e. The fraction of sp³-hybridized carbons (Fsp3) is 0.250. The second-order valence-corrected chi connectivity index (χ2v) is 5.08. The predicted molar refractivity (Wildman–Crippen MR) is 78.3 cm³/mol. The van der Waals surface area contributed by atoms with Gasteiger partial charge in [-0.05, 0) is 18.2 Å². The molecule has 0 bridgehead atoms. The van der Waals surface area contributed by atoms with Crippen LogP contribution in [-0.4, -0.2) is 23.3 Å². The molecule has 0 saturated carbocycles. The van der Waals surface area contributed by atoms with Crippen molar-refractivity contribution in [1.29, 1.82) is 0 Å². The molecule has 0 aliphatic carbocycles. The van der Waals surface area contributed by atoms with Crippen molar-refractivity contribution in [3.05, 3.63) is 65.5 Å². The molecule has 0 spiro atoms. The van der Waals surface area contributed by atoms with Crippen molar-refractivity contribution >= 4 is 5.71 Å². The fourth-order valence-electron chi connectivity index (χ4n) is 2.27. The summed E-state index contributed by atoms with van der Waals surface area (Å²) >= 11 is 0. The molecule has 2 aromatic rings. The van der Waals surface area contributed by atoms with E-state index >= 15 is 0 Å². The molecule has 1 unspecified atom stereocenters. The van der Waals surface area contributed by atoms with E-state index in [1.807, 2.05) is 12.1 Å². The van der Waals surface area contributed by atoms with Crippen molar-refractivity contribution in [2.75, 3.05) is 6.54 Å². The number of hydrogen-bond acceptors (Lipinski definition) is 4. The Morgan fingerprint density at radius 3 is 2.95 bits per heavy atom. The van der Waals surface area contributed by atoms with Crippen LogP contribution in [0.4, 0.5) is 8.78 Å². The molecule has 1 aliphatic heterocycles. The van der Waals surface area contributed by atoms with Gasteiger partial charge < -0.3 is 10.2 Å². The first-order valence-corrected chi connectivity index (χ1v) is 7.00. The lowest BCUT2D eigenvalue weighted by Crippen LogP contribution is -2.27. The average molecular weight is 303 g/mol. The van der Waals surface area contributed by atoms with Gasteiger partial charge in [0.05, 0.1) is 5.71 Å². The molecule has 6 heteroatoms. The molecule has 1 aromatic carbocycles. The molecule has 3 rings (SSSR count). The van der Waals surface area contributed by atoms with Gasteiger partial charge in [0.15, 0.2) is 0 Å². The summed E-state index contributed by atoms with van der Waals surface area (Å²) in [5.41, 5.74) is 2.22. The highest BCUT2D eigenvalue weighted by Crippen LogP contribution is 2.16. The van der Waals surface area contributed by atoms with E-state index in [-0.39, 0.29) is 6.10 Å². The number of pyridine rings is 1. The number of nitrogens with zero attached hydrogens (tertiary/aromatic N) is 2. The molecule has 0 fully saturated rings. The van der Waals surface area contributed by atoms with Gasteiger partial charge in [-0.2, -0.15) is 0 Å². The number of benzene rings is 1. The van der Waals surface area contributed by atoms with Gasteiger partial charge in [-0.1, -0.05) is 11.2 Å². The molecule has 0 saturated heterocycles. The summed E-state index contributed by atoms with van der Waals surface area (Å²) in [5.74, 6) is -1.12. The number of aromatic nitrogens is 1. The minimum Gasteiger partial charge on any atom is -0.390 e. The highest BCUT2D eigenvalue weighted by molar-refractivity contribution is 6.00. The lowest BCUT2D eigenvalue weighted by Gasteiger charge is -2.10. The van der Waals surface area contributed by atoms with E-state index in [1.54, 1.807) is 12.4 Å². The molecule has 1 N–H and O–H groups in total. The van der Waals surface area contributed by atoms with Crippen LogP contribution in [0.1, 0.15) is 17.5 Å². The third kappa shape index (κ3) is 3.46. The maximum absolute atomic E-state index is 13.5. The Balaban J connectivity index is 1.48. The summed E-state index contributed by atoms with van der Waals surface area (Å²) in [5, 5.41) is 7.15. The summed E-state index contributed by atoms with van der Waals surface area (Å²) < 4.78 is 26.3. The Hall–Kier alpha value is -2.34. The third-order valence-corrected chi connectivity index (χ3v) is 3.43. The molecular weight excluding hydrogens is 288 g/mol. The quantitative estimate of drug-likeness (QED) is 0.923. The van der Waals surface area contributed by atoms with E-state index in [9.17, 15) is 8.78 Å². The van der Waals surface area contributed by atoms with Gasteiger partial charge in [0, 0.05) is 49.1 Å². The monoisotopic (exact) mass is 303 g/mol. The summed E-state index contributed by atoms with van der Waals surface area (Å²) in [7, 11) is 0. The first-order valence-electron chi connectivity index (χ1n) is 7.00. The van der Waals surface area contributed by atoms with Crippen molar-refractivity contribution in [1.82, 2.24) is 10.3 Å². The fourth-order valence-corrected chi connectivity index (χ4v) is 2.27. The van der Waals surface area contributed by atoms with E-state index in [0.717, 1.165) is 17.3 Å². The molecule has 22 heavy (non-hydrogen) atoms. The minimum atomic E-state index is -0.574. The standard InChI is InChI=1S/C16H15F2N3O/c17-13-4-3-11(15(18)6-13)8-20-10-14-7-16(21-22-14)12-2-1-5-19-9-12/h1-6,9,14,20H,7-8,10H2. The zero-order chi connectivity index (χ0) is 15.4. The van der Waals surface area contributed by atoms with E-state index in [2.05, 4.69) is 15.5 Å². The van der Waals surface area contributed by atoms with Gasteiger partial charge >= 0.3 is 0 Å². The van der Waals surface area contributed by atoms with Crippen LogP contribution in [-0.2, 0) is 11.4 Å². The van der Waals surface area contributed by atoms with Crippen LogP contribution in [0.25, 0.3) is 0 Å². The van der Waals surface area contributed by atoms with E-state index < -0.39 is 11.6 Å². The van der Waals surface area contributed by atoms with Gasteiger partial charge in [-0.15, -0.1) is 0 Å². The Kier molecular flexibility index (Phi) is 4.39. The molecule has 0 radical (unpaired) electrons. The van der Waals surface area contributed by atoms with Gasteiger partial charge in [0.25, 0.3) is 0 Å². The molecule has 114 valence electrons. The molecule has 1 aliphatic rings. The van der Waals surface area contributed by atoms with E-state index in [4.69, 9.17) is 4.84 Å². The van der Waals surface area contributed by atoms with Gasteiger partial charge in [0.1, 0.15) is 17.7 Å². The number of rotatable bonds is 5. The Bertz CT molecular complexity index is 676. The van der Waals surface area contributed by atoms with Gasteiger partial charge in [-0.25, -0.2) is 8.78 Å². The third-order valence-electron chi connectivity index (χ3n) is 3.43. The highest BCUT2D eigenvalue weighted by Gasteiger charge is 2.21. The first kappa shape index (κ1) is 14.6. The van der Waals surface area contributed by atoms with E-state index in [0.29, 0.717) is 25.1 Å². The van der Waals surface area contributed by atoms with Crippen LogP contribution >= 0.6 is 0 Å². The maximum atomic E-state index is 13.5. The zero-order valence-electron chi connectivity index (χ0n) is 11.8. The number of halogens is 2. The Morgan fingerprint density at radius 1 is 1.27 bits per heavy atom. The Labute approximate surface area is 126 Å². The second-order valence-electron chi connectivity index (χ2n) is 5.08. The molecule has 4 nitrogen and oxygen atoms in total. The molecule has 0 amide bonds. The van der Waals surface area contributed by atoms with Crippen molar-refractivity contribution in [2.45, 2.75) is 19.1 Å².